The lowest BCUT2D eigenvalue weighted by molar-refractivity contribution is 0.0632. The number of nitrogens with zero attached hydrogens (tertiary/aromatic N) is 4. The number of pyridine rings is 1. The number of aromatic nitrogens is 1. The predicted molar refractivity (Wildman–Crippen MR) is 137 cm³/mol. The third-order valence-electron chi connectivity index (χ3n) is 6.53. The second kappa shape index (κ2) is 9.94. The Kier molecular flexibility index (Phi) is 6.69. The van der Waals surface area contributed by atoms with Crippen molar-refractivity contribution in [1.82, 2.24) is 10.3 Å². The Hall–Kier alpha value is -3.78. The minimum atomic E-state index is -0.954. The Labute approximate surface area is 217 Å². The van der Waals surface area contributed by atoms with E-state index >= 15 is 8.78 Å². The van der Waals surface area contributed by atoms with Gasteiger partial charge < -0.3 is 15.7 Å². The van der Waals surface area contributed by atoms with Crippen LogP contribution in [-0.4, -0.2) is 48.4 Å². The van der Waals surface area contributed by atoms with Gasteiger partial charge in [-0.05, 0) is 43.2 Å². The lowest BCUT2D eigenvalue weighted by Gasteiger charge is -2.32. The molecule has 37 heavy (non-hydrogen) atoms. The zero-order valence-corrected chi connectivity index (χ0v) is 20.6. The topological polar surface area (TPSA) is 105 Å². The van der Waals surface area contributed by atoms with Crippen LogP contribution in [0.15, 0.2) is 42.6 Å². The van der Waals surface area contributed by atoms with Crippen molar-refractivity contribution >= 4 is 40.5 Å². The summed E-state index contributed by atoms with van der Waals surface area (Å²) < 4.78 is 31.0. The summed E-state index contributed by atoms with van der Waals surface area (Å²) in [6.07, 6.45) is 2.50. The monoisotopic (exact) mass is 524 g/mol. The van der Waals surface area contributed by atoms with Crippen LogP contribution in [0.25, 0.3) is 11.1 Å². The number of aliphatic hydroxyl groups excluding tert-OH is 1. The number of carbonyl (C=O) groups excluding carboxylic acids is 1. The molecule has 11 heteroatoms. The van der Waals surface area contributed by atoms with Crippen molar-refractivity contribution in [3.63, 3.8) is 0 Å². The molecule has 8 nitrogen and oxygen atoms in total. The summed E-state index contributed by atoms with van der Waals surface area (Å²) in [6, 6.07) is 9.91. The average Bonchev–Trinajstić information content (AvgIpc) is 2.93. The van der Waals surface area contributed by atoms with Crippen molar-refractivity contribution in [2.75, 3.05) is 35.3 Å². The third kappa shape index (κ3) is 4.69. The molecule has 1 aliphatic carbocycles. The van der Waals surface area contributed by atoms with Crippen LogP contribution < -0.4 is 20.4 Å². The first-order valence-electron chi connectivity index (χ1n) is 11.7. The van der Waals surface area contributed by atoms with E-state index in [4.69, 9.17) is 11.6 Å². The van der Waals surface area contributed by atoms with Crippen LogP contribution in [0.3, 0.4) is 0 Å². The van der Waals surface area contributed by atoms with Crippen molar-refractivity contribution in [3.05, 3.63) is 64.8 Å². The van der Waals surface area contributed by atoms with Crippen LogP contribution in [0.1, 0.15) is 18.4 Å². The Morgan fingerprint density at radius 2 is 1.89 bits per heavy atom. The van der Waals surface area contributed by atoms with Gasteiger partial charge in [0.2, 0.25) is 0 Å². The number of hydrogen-bond donors (Lipinski definition) is 3. The molecule has 2 aromatic carbocycles. The Morgan fingerprint density at radius 1 is 1.16 bits per heavy atom. The fraction of sp³-hybridized carbons (Fsp3) is 0.269. The van der Waals surface area contributed by atoms with Crippen LogP contribution in [0.4, 0.5) is 36.5 Å². The number of benzene rings is 2. The van der Waals surface area contributed by atoms with Gasteiger partial charge in [-0.25, -0.2) is 18.6 Å². The fourth-order valence-corrected chi connectivity index (χ4v) is 4.75. The van der Waals surface area contributed by atoms with Crippen LogP contribution >= 0.6 is 11.6 Å². The molecular formula is C26H23ClF2N6O2. The summed E-state index contributed by atoms with van der Waals surface area (Å²) in [7, 11) is 1.45. The second-order valence-corrected chi connectivity index (χ2v) is 9.47. The molecule has 0 atom stereocenters. The molecule has 0 saturated heterocycles. The van der Waals surface area contributed by atoms with E-state index in [0.717, 1.165) is 17.0 Å². The molecule has 1 saturated carbocycles. The van der Waals surface area contributed by atoms with E-state index in [1.54, 1.807) is 18.2 Å². The maximum Gasteiger partial charge on any atom is 0.334 e. The van der Waals surface area contributed by atoms with Gasteiger partial charge in [0, 0.05) is 49.2 Å². The van der Waals surface area contributed by atoms with Crippen molar-refractivity contribution in [3.8, 4) is 17.2 Å². The van der Waals surface area contributed by atoms with Crippen LogP contribution in [0, 0.1) is 23.0 Å². The SMILES string of the molecule is CN1C(=O)N(c2c(F)cc(NCCNC3CC(O)C3)cc2F)c2cc(C#N)ccc2-c2cc(Cl)cnc21. The van der Waals surface area contributed by atoms with Crippen LogP contribution in [-0.2, 0) is 0 Å². The molecule has 3 N–H and O–H groups in total. The van der Waals surface area contributed by atoms with Gasteiger partial charge in [-0.15, -0.1) is 0 Å². The highest BCUT2D eigenvalue weighted by Crippen LogP contribution is 2.45. The number of rotatable bonds is 6. The highest BCUT2D eigenvalue weighted by Gasteiger charge is 2.35. The molecule has 2 heterocycles. The quantitative estimate of drug-likeness (QED) is 0.401. The van der Waals surface area contributed by atoms with Crippen LogP contribution in [0.5, 0.6) is 0 Å². The minimum Gasteiger partial charge on any atom is -0.393 e. The second-order valence-electron chi connectivity index (χ2n) is 9.04. The van der Waals surface area contributed by atoms with E-state index in [2.05, 4.69) is 15.6 Å². The molecule has 0 spiro atoms. The highest BCUT2D eigenvalue weighted by atomic mass is 35.5. The first-order chi connectivity index (χ1) is 17.8. The number of anilines is 4. The summed E-state index contributed by atoms with van der Waals surface area (Å²) in [4.78, 5) is 20.0. The Morgan fingerprint density at radius 3 is 2.57 bits per heavy atom. The number of aliphatic hydroxyl groups is 1. The van der Waals surface area contributed by atoms with E-state index < -0.39 is 23.4 Å². The number of urea groups is 1. The molecular weight excluding hydrogens is 502 g/mol. The van der Waals surface area contributed by atoms with Gasteiger partial charge in [-0.2, -0.15) is 5.26 Å². The summed E-state index contributed by atoms with van der Waals surface area (Å²) in [5, 5.41) is 25.4. The molecule has 1 fully saturated rings. The third-order valence-corrected chi connectivity index (χ3v) is 6.73. The molecule has 3 aromatic rings. The van der Waals surface area contributed by atoms with Crippen LogP contribution in [0.2, 0.25) is 5.02 Å². The van der Waals surface area contributed by atoms with Gasteiger partial charge in [-0.3, -0.25) is 9.80 Å². The minimum absolute atomic E-state index is 0.129. The largest absolute Gasteiger partial charge is 0.393 e. The molecule has 0 unspecified atom stereocenters. The van der Waals surface area contributed by atoms with E-state index in [9.17, 15) is 15.2 Å². The van der Waals surface area contributed by atoms with Gasteiger partial charge in [0.15, 0.2) is 11.6 Å². The van der Waals surface area contributed by atoms with E-state index in [1.165, 1.54) is 24.2 Å². The van der Waals surface area contributed by atoms with Crippen molar-refractivity contribution in [2.45, 2.75) is 25.0 Å². The number of nitrogens with one attached hydrogen (secondary N) is 2. The van der Waals surface area contributed by atoms with Crippen molar-refractivity contribution in [1.29, 1.82) is 5.26 Å². The summed E-state index contributed by atoms with van der Waals surface area (Å²) in [6.45, 7) is 0.961. The zero-order valence-electron chi connectivity index (χ0n) is 19.8. The fourth-order valence-electron chi connectivity index (χ4n) is 4.59. The maximum atomic E-state index is 15.5. The molecule has 190 valence electrons. The lowest BCUT2D eigenvalue weighted by Crippen LogP contribution is -2.45. The molecule has 2 aliphatic rings. The summed E-state index contributed by atoms with van der Waals surface area (Å²) >= 11 is 6.17. The first-order valence-corrected chi connectivity index (χ1v) is 12.1. The van der Waals surface area contributed by atoms with Crippen molar-refractivity contribution < 1.29 is 18.7 Å². The number of fused-ring (bicyclic) bond motifs is 3. The predicted octanol–water partition coefficient (Wildman–Crippen LogP) is 4.78. The highest BCUT2D eigenvalue weighted by molar-refractivity contribution is 6.31. The van der Waals surface area contributed by atoms with Crippen molar-refractivity contribution in [2.24, 2.45) is 0 Å². The molecule has 0 radical (unpaired) electrons. The van der Waals surface area contributed by atoms with Gasteiger partial charge in [0.1, 0.15) is 11.5 Å². The maximum absolute atomic E-state index is 15.5. The zero-order chi connectivity index (χ0) is 26.3. The number of carbonyl (C=O) groups is 1. The lowest BCUT2D eigenvalue weighted by atomic mass is 9.90. The standard InChI is InChI=1S/C26H23ClF2N6O2/c1-34-25-20(7-15(27)13-33-25)19-3-2-14(12-30)6-23(19)35(26(34)37)24-21(28)10-17(11-22(24)29)32-5-4-31-16-8-18(36)9-16/h2-3,6-7,10-11,13,16,18,31-32,36H,4-5,8-9H2,1H3. The van der Waals surface area contributed by atoms with E-state index in [-0.39, 0.29) is 34.9 Å². The summed E-state index contributed by atoms with van der Waals surface area (Å²) in [5.74, 6) is -1.65. The first kappa shape index (κ1) is 24.9. The number of nitriles is 1. The van der Waals surface area contributed by atoms with E-state index in [1.807, 2.05) is 6.07 Å². The smallest absolute Gasteiger partial charge is 0.334 e. The number of hydrogen-bond acceptors (Lipinski definition) is 6. The van der Waals surface area contributed by atoms with Gasteiger partial charge in [0.25, 0.3) is 0 Å². The normalized spacial score (nSPS) is 18.4. The number of halogens is 3. The Balaban J connectivity index is 1.51. The summed E-state index contributed by atoms with van der Waals surface area (Å²) in [5.41, 5.74) is 0.907. The molecule has 1 aromatic heterocycles. The van der Waals surface area contributed by atoms with E-state index in [0.29, 0.717) is 42.1 Å². The molecule has 1 aliphatic heterocycles. The van der Waals surface area contributed by atoms with Gasteiger partial charge in [-0.1, -0.05) is 17.7 Å². The number of amides is 2. The molecule has 0 bridgehead atoms. The average molecular weight is 525 g/mol. The van der Waals surface area contributed by atoms with Gasteiger partial charge in [0.05, 0.1) is 28.4 Å². The molecule has 5 rings (SSSR count). The molecule has 2 amide bonds. The van der Waals surface area contributed by atoms with Gasteiger partial charge >= 0.3 is 6.03 Å². The Bertz CT molecular complexity index is 1400.